The first-order valence-electron chi connectivity index (χ1n) is 8.99. The molecule has 0 spiro atoms. The van der Waals surface area contributed by atoms with Crippen LogP contribution in [-0.2, 0) is 0 Å². The molecular formula is C19H22FN5O. The van der Waals surface area contributed by atoms with Crippen molar-refractivity contribution in [1.82, 2.24) is 20.3 Å². The van der Waals surface area contributed by atoms with Crippen molar-refractivity contribution in [3.05, 3.63) is 47.9 Å². The summed E-state index contributed by atoms with van der Waals surface area (Å²) in [6.07, 6.45) is 3.69. The highest BCUT2D eigenvalue weighted by atomic mass is 19.1. The third kappa shape index (κ3) is 3.21. The van der Waals surface area contributed by atoms with Crippen molar-refractivity contribution < 1.29 is 8.91 Å². The summed E-state index contributed by atoms with van der Waals surface area (Å²) in [5.74, 6) is 1.69. The Morgan fingerprint density at radius 1 is 1.27 bits per heavy atom. The van der Waals surface area contributed by atoms with Crippen LogP contribution in [0.25, 0.3) is 11.1 Å². The molecular weight excluding hydrogens is 333 g/mol. The standard InChI is InChI=1S/C19H22FN5O/c1-12(2)18-22-19(24-26-18)25-8-6-13(7-9-25)17-16(11-21-23-17)14-4-3-5-15(20)10-14/h3-5,10-13H,6-9H2,1-2H3,(H,21,23). The van der Waals surface area contributed by atoms with Crippen LogP contribution in [0.3, 0.4) is 0 Å². The van der Waals surface area contributed by atoms with Crippen molar-refractivity contribution in [2.24, 2.45) is 0 Å². The predicted octanol–water partition coefficient (Wildman–Crippen LogP) is 4.11. The van der Waals surface area contributed by atoms with E-state index < -0.39 is 0 Å². The van der Waals surface area contributed by atoms with Gasteiger partial charge in [0.25, 0.3) is 5.95 Å². The molecule has 1 aliphatic rings. The lowest BCUT2D eigenvalue weighted by Gasteiger charge is -2.30. The zero-order chi connectivity index (χ0) is 18.1. The van der Waals surface area contributed by atoms with Crippen molar-refractivity contribution in [1.29, 1.82) is 0 Å². The van der Waals surface area contributed by atoms with Gasteiger partial charge in [-0.3, -0.25) is 5.10 Å². The minimum absolute atomic E-state index is 0.229. The SMILES string of the molecule is CC(C)c1nc(N2CCC(c3[nH]ncc3-c3cccc(F)c3)CC2)no1. The van der Waals surface area contributed by atoms with E-state index in [0.29, 0.717) is 17.8 Å². The second kappa shape index (κ2) is 6.90. The van der Waals surface area contributed by atoms with E-state index in [1.165, 1.54) is 6.07 Å². The van der Waals surface area contributed by atoms with Crippen LogP contribution in [0.15, 0.2) is 35.0 Å². The smallest absolute Gasteiger partial charge is 0.266 e. The van der Waals surface area contributed by atoms with Gasteiger partial charge in [0.05, 0.1) is 6.20 Å². The molecule has 0 aliphatic carbocycles. The minimum Gasteiger partial charge on any atom is -0.338 e. The van der Waals surface area contributed by atoms with Crippen LogP contribution in [0, 0.1) is 5.82 Å². The molecule has 4 rings (SSSR count). The van der Waals surface area contributed by atoms with E-state index in [1.54, 1.807) is 18.3 Å². The zero-order valence-corrected chi connectivity index (χ0v) is 14.9. The highest BCUT2D eigenvalue weighted by Gasteiger charge is 2.27. The summed E-state index contributed by atoms with van der Waals surface area (Å²) >= 11 is 0. The van der Waals surface area contributed by atoms with Crippen molar-refractivity contribution in [3.8, 4) is 11.1 Å². The Labute approximate surface area is 151 Å². The number of hydrogen-bond donors (Lipinski definition) is 1. The number of hydrogen-bond acceptors (Lipinski definition) is 5. The highest BCUT2D eigenvalue weighted by molar-refractivity contribution is 5.66. The Morgan fingerprint density at radius 2 is 2.08 bits per heavy atom. The summed E-state index contributed by atoms with van der Waals surface area (Å²) in [7, 11) is 0. The third-order valence-electron chi connectivity index (χ3n) is 4.92. The molecule has 6 nitrogen and oxygen atoms in total. The monoisotopic (exact) mass is 355 g/mol. The second-order valence-corrected chi connectivity index (χ2v) is 7.06. The van der Waals surface area contributed by atoms with Gasteiger partial charge in [0, 0.05) is 36.2 Å². The summed E-state index contributed by atoms with van der Waals surface area (Å²) in [6, 6.07) is 6.65. The van der Waals surface area contributed by atoms with Gasteiger partial charge in [-0.25, -0.2) is 4.39 Å². The average molecular weight is 355 g/mol. The number of rotatable bonds is 4. The van der Waals surface area contributed by atoms with Gasteiger partial charge in [-0.2, -0.15) is 10.1 Å². The van der Waals surface area contributed by atoms with Crippen molar-refractivity contribution in [2.75, 3.05) is 18.0 Å². The summed E-state index contributed by atoms with van der Waals surface area (Å²) in [6.45, 7) is 5.78. The number of aromatic amines is 1. The van der Waals surface area contributed by atoms with E-state index >= 15 is 0 Å². The van der Waals surface area contributed by atoms with E-state index in [4.69, 9.17) is 4.52 Å². The van der Waals surface area contributed by atoms with Gasteiger partial charge < -0.3 is 9.42 Å². The molecule has 0 amide bonds. The summed E-state index contributed by atoms with van der Waals surface area (Å²) < 4.78 is 18.9. The molecule has 0 saturated carbocycles. The Morgan fingerprint density at radius 3 is 2.77 bits per heavy atom. The molecule has 1 fully saturated rings. The molecule has 0 bridgehead atoms. The average Bonchev–Trinajstić information content (AvgIpc) is 3.32. The number of nitrogens with zero attached hydrogens (tertiary/aromatic N) is 4. The van der Waals surface area contributed by atoms with Crippen LogP contribution in [0.1, 0.15) is 50.1 Å². The first-order valence-corrected chi connectivity index (χ1v) is 8.99. The lowest BCUT2D eigenvalue weighted by Crippen LogP contribution is -2.33. The number of nitrogens with one attached hydrogen (secondary N) is 1. The molecule has 1 N–H and O–H groups in total. The summed E-state index contributed by atoms with van der Waals surface area (Å²) in [5.41, 5.74) is 2.91. The topological polar surface area (TPSA) is 70.8 Å². The van der Waals surface area contributed by atoms with Crippen molar-refractivity contribution in [3.63, 3.8) is 0 Å². The van der Waals surface area contributed by atoms with Crippen LogP contribution < -0.4 is 4.90 Å². The fraction of sp³-hybridized carbons (Fsp3) is 0.421. The zero-order valence-electron chi connectivity index (χ0n) is 14.9. The van der Waals surface area contributed by atoms with Crippen molar-refractivity contribution in [2.45, 2.75) is 38.5 Å². The van der Waals surface area contributed by atoms with E-state index in [0.717, 1.165) is 42.8 Å². The van der Waals surface area contributed by atoms with E-state index in [1.807, 2.05) is 19.9 Å². The van der Waals surface area contributed by atoms with Crippen LogP contribution in [0.5, 0.6) is 0 Å². The van der Waals surface area contributed by atoms with Gasteiger partial charge in [-0.15, -0.1) is 0 Å². The molecule has 3 aromatic rings. The molecule has 1 aliphatic heterocycles. The molecule has 0 atom stereocenters. The highest BCUT2D eigenvalue weighted by Crippen LogP contribution is 2.34. The molecule has 1 saturated heterocycles. The minimum atomic E-state index is -0.234. The predicted molar refractivity (Wildman–Crippen MR) is 96.6 cm³/mol. The fourth-order valence-corrected chi connectivity index (χ4v) is 3.45. The molecule has 26 heavy (non-hydrogen) atoms. The second-order valence-electron chi connectivity index (χ2n) is 7.06. The summed E-state index contributed by atoms with van der Waals surface area (Å²) in [5, 5.41) is 11.4. The molecule has 7 heteroatoms. The Hall–Kier alpha value is -2.70. The maximum atomic E-state index is 13.6. The summed E-state index contributed by atoms with van der Waals surface area (Å²) in [4.78, 5) is 6.64. The molecule has 0 unspecified atom stereocenters. The van der Waals surface area contributed by atoms with Gasteiger partial charge in [-0.05, 0) is 35.7 Å². The fourth-order valence-electron chi connectivity index (χ4n) is 3.45. The molecule has 1 aromatic carbocycles. The first-order chi connectivity index (χ1) is 12.6. The van der Waals surface area contributed by atoms with Gasteiger partial charge in [0.15, 0.2) is 0 Å². The van der Waals surface area contributed by atoms with Crippen LogP contribution in [0.4, 0.5) is 10.3 Å². The number of piperidine rings is 1. The molecule has 3 heterocycles. The quantitative estimate of drug-likeness (QED) is 0.763. The largest absolute Gasteiger partial charge is 0.338 e. The van der Waals surface area contributed by atoms with Crippen LogP contribution in [0.2, 0.25) is 0 Å². The third-order valence-corrected chi connectivity index (χ3v) is 4.92. The van der Waals surface area contributed by atoms with Crippen molar-refractivity contribution >= 4 is 5.95 Å². The molecule has 136 valence electrons. The number of H-pyrrole nitrogens is 1. The lowest BCUT2D eigenvalue weighted by molar-refractivity contribution is 0.363. The number of aromatic nitrogens is 4. The van der Waals surface area contributed by atoms with Crippen LogP contribution in [-0.4, -0.2) is 33.4 Å². The number of halogens is 1. The van der Waals surface area contributed by atoms with Crippen LogP contribution >= 0.6 is 0 Å². The maximum Gasteiger partial charge on any atom is 0.266 e. The van der Waals surface area contributed by atoms with E-state index in [-0.39, 0.29) is 11.7 Å². The van der Waals surface area contributed by atoms with E-state index in [9.17, 15) is 4.39 Å². The van der Waals surface area contributed by atoms with Gasteiger partial charge in [-0.1, -0.05) is 26.0 Å². The Bertz CT molecular complexity index is 879. The normalized spacial score (nSPS) is 15.8. The lowest BCUT2D eigenvalue weighted by atomic mass is 9.89. The van der Waals surface area contributed by atoms with Gasteiger partial charge in [0.1, 0.15) is 5.82 Å². The van der Waals surface area contributed by atoms with E-state index in [2.05, 4.69) is 25.2 Å². The maximum absolute atomic E-state index is 13.6. The number of benzene rings is 1. The molecule has 2 aromatic heterocycles. The van der Waals surface area contributed by atoms with Gasteiger partial charge >= 0.3 is 0 Å². The molecule has 0 radical (unpaired) electrons. The first kappa shape index (κ1) is 16.8. The Balaban J connectivity index is 1.48. The van der Waals surface area contributed by atoms with Gasteiger partial charge in [0.2, 0.25) is 5.89 Å². The Kier molecular flexibility index (Phi) is 4.44. The number of anilines is 1.